The first-order valence-electron chi connectivity index (χ1n) is 18.1. The molecule has 2 heteroatoms. The first-order valence-corrected chi connectivity index (χ1v) is 18.1. The lowest BCUT2D eigenvalue weighted by Crippen LogP contribution is -2.09. The molecule has 0 aliphatic carbocycles. The highest BCUT2D eigenvalue weighted by molar-refractivity contribution is 6.22. The monoisotopic (exact) mass is 680 g/mol. The quantitative estimate of drug-likeness (QED) is 0.169. The summed E-state index contributed by atoms with van der Waals surface area (Å²) in [5.41, 5.74) is 11.6. The molecule has 0 unspecified atom stereocenters. The lowest BCUT2D eigenvalue weighted by molar-refractivity contribution is 1.29. The molecule has 0 spiro atoms. The highest BCUT2D eigenvalue weighted by Gasteiger charge is 2.20. The minimum absolute atomic E-state index is 1.06. The number of fused-ring (bicyclic) bond motifs is 2. The van der Waals surface area contributed by atoms with Gasteiger partial charge in [0.05, 0.1) is 0 Å². The Labute approximate surface area is 312 Å². The van der Waals surface area contributed by atoms with Crippen molar-refractivity contribution in [2.24, 2.45) is 0 Å². The van der Waals surface area contributed by atoms with E-state index in [9.17, 15) is 0 Å². The van der Waals surface area contributed by atoms with Crippen molar-refractivity contribution in [1.29, 1.82) is 0 Å². The van der Waals surface area contributed by atoms with Gasteiger partial charge in [-0.2, -0.15) is 0 Å². The lowest BCUT2D eigenvalue weighted by Gasteiger charge is -2.27. The Hall–Kier alpha value is -6.90. The predicted molar refractivity (Wildman–Crippen MR) is 228 cm³/mol. The maximum atomic E-state index is 3.64. The van der Waals surface area contributed by atoms with Crippen LogP contribution in [0.15, 0.2) is 218 Å². The van der Waals surface area contributed by atoms with Crippen LogP contribution in [0.5, 0.6) is 0 Å². The molecule has 0 fully saturated rings. The van der Waals surface area contributed by atoms with E-state index in [1.54, 1.807) is 0 Å². The van der Waals surface area contributed by atoms with E-state index in [4.69, 9.17) is 0 Å². The molecule has 0 saturated carbocycles. The normalized spacial score (nSPS) is 10.7. The average molecular weight is 681 g/mol. The second kappa shape index (κ2) is 15.6. The van der Waals surface area contributed by atoms with Crippen LogP contribution in [0.1, 0.15) is 5.56 Å². The molecule has 0 amide bonds. The Bertz CT molecular complexity index is 2480. The van der Waals surface area contributed by atoms with Crippen LogP contribution in [0.25, 0.3) is 43.8 Å². The van der Waals surface area contributed by atoms with Gasteiger partial charge < -0.3 is 10.2 Å². The van der Waals surface area contributed by atoms with E-state index in [1.807, 2.05) is 42.5 Å². The molecular formula is C51H40N2. The van der Waals surface area contributed by atoms with Crippen molar-refractivity contribution >= 4 is 50.0 Å². The van der Waals surface area contributed by atoms with E-state index in [-0.39, 0.29) is 0 Å². The molecule has 0 heterocycles. The molecule has 0 radical (unpaired) electrons. The minimum Gasteiger partial charge on any atom is -0.356 e. The fraction of sp³-hybridized carbons (Fsp3) is 0.0196. The van der Waals surface area contributed by atoms with Crippen LogP contribution < -0.4 is 10.2 Å². The third kappa shape index (κ3) is 7.30. The van der Waals surface area contributed by atoms with Gasteiger partial charge in [-0.3, -0.25) is 0 Å². The summed E-state index contributed by atoms with van der Waals surface area (Å²) in [5.74, 6) is 0. The Balaban J connectivity index is 0.000000609. The Morgan fingerprint density at radius 2 is 0.755 bits per heavy atom. The fourth-order valence-electron chi connectivity index (χ4n) is 7.05. The number of hydrogen-bond donors (Lipinski definition) is 1. The molecule has 0 saturated heterocycles. The van der Waals surface area contributed by atoms with Crippen molar-refractivity contribution in [3.05, 3.63) is 224 Å². The molecular weight excluding hydrogens is 641 g/mol. The number of anilines is 5. The fourth-order valence-corrected chi connectivity index (χ4v) is 7.05. The van der Waals surface area contributed by atoms with Gasteiger partial charge >= 0.3 is 0 Å². The Morgan fingerprint density at radius 1 is 0.321 bits per heavy atom. The van der Waals surface area contributed by atoms with Gasteiger partial charge in [-0.1, -0.05) is 163 Å². The standard InChI is InChI=1S/C45H34N2.C6H6/c1-32-22-24-34(25-23-32)45-40-28-26-36(46-35-16-8-3-9-17-35)30-42(40)44(33-14-6-2-7-15-33)41-29-27-39(31-43(41)45)47(37-18-10-4-11-19-37)38-20-12-5-13-21-38;1-2-4-6-5-3-1/h2-31,46H,1H3;1-6H. The zero-order chi connectivity index (χ0) is 35.8. The van der Waals surface area contributed by atoms with Crippen molar-refractivity contribution in [3.8, 4) is 22.3 Å². The molecule has 0 aliphatic heterocycles. The molecule has 53 heavy (non-hydrogen) atoms. The summed E-state index contributed by atoms with van der Waals surface area (Å²) in [6.07, 6.45) is 0. The van der Waals surface area contributed by atoms with E-state index >= 15 is 0 Å². The van der Waals surface area contributed by atoms with Gasteiger partial charge in [0.25, 0.3) is 0 Å². The average Bonchev–Trinajstić information content (AvgIpc) is 3.23. The van der Waals surface area contributed by atoms with Crippen LogP contribution >= 0.6 is 0 Å². The molecule has 1 N–H and O–H groups in total. The largest absolute Gasteiger partial charge is 0.356 e. The molecule has 0 aromatic heterocycles. The zero-order valence-electron chi connectivity index (χ0n) is 29.7. The van der Waals surface area contributed by atoms with E-state index in [0.29, 0.717) is 0 Å². The van der Waals surface area contributed by atoms with Gasteiger partial charge in [-0.15, -0.1) is 0 Å². The van der Waals surface area contributed by atoms with E-state index in [1.165, 1.54) is 49.4 Å². The van der Waals surface area contributed by atoms with Crippen LogP contribution in [-0.4, -0.2) is 0 Å². The first-order chi connectivity index (χ1) is 26.2. The molecule has 9 aromatic rings. The van der Waals surface area contributed by atoms with Gasteiger partial charge in [0.2, 0.25) is 0 Å². The number of nitrogens with zero attached hydrogens (tertiary/aromatic N) is 1. The van der Waals surface area contributed by atoms with E-state index < -0.39 is 0 Å². The summed E-state index contributed by atoms with van der Waals surface area (Å²) in [6, 6.07) is 77.2. The maximum absolute atomic E-state index is 3.64. The highest BCUT2D eigenvalue weighted by atomic mass is 15.1. The summed E-state index contributed by atoms with van der Waals surface area (Å²) in [4.78, 5) is 2.34. The zero-order valence-corrected chi connectivity index (χ0v) is 29.7. The maximum Gasteiger partial charge on any atom is 0.0468 e. The smallest absolute Gasteiger partial charge is 0.0468 e. The van der Waals surface area contributed by atoms with Gasteiger partial charge in [0.1, 0.15) is 0 Å². The van der Waals surface area contributed by atoms with Crippen LogP contribution in [0.2, 0.25) is 0 Å². The summed E-state index contributed by atoms with van der Waals surface area (Å²) in [6.45, 7) is 2.15. The number of rotatable bonds is 7. The minimum atomic E-state index is 1.06. The van der Waals surface area contributed by atoms with Gasteiger partial charge in [-0.25, -0.2) is 0 Å². The number of nitrogens with one attached hydrogen (secondary N) is 1. The lowest BCUT2D eigenvalue weighted by atomic mass is 9.85. The van der Waals surface area contributed by atoms with Gasteiger partial charge in [0.15, 0.2) is 0 Å². The molecule has 2 nitrogen and oxygen atoms in total. The first kappa shape index (κ1) is 33.3. The van der Waals surface area contributed by atoms with E-state index in [2.05, 4.69) is 193 Å². The van der Waals surface area contributed by atoms with Crippen molar-refractivity contribution in [1.82, 2.24) is 0 Å². The highest BCUT2D eigenvalue weighted by Crippen LogP contribution is 2.47. The van der Waals surface area contributed by atoms with Crippen molar-refractivity contribution in [2.75, 3.05) is 10.2 Å². The number of benzene rings is 9. The predicted octanol–water partition coefficient (Wildman–Crippen LogP) is 14.5. The molecule has 9 aromatic carbocycles. The van der Waals surface area contributed by atoms with Crippen LogP contribution in [-0.2, 0) is 0 Å². The van der Waals surface area contributed by atoms with Crippen molar-refractivity contribution in [3.63, 3.8) is 0 Å². The van der Waals surface area contributed by atoms with Gasteiger partial charge in [0, 0.05) is 28.4 Å². The number of para-hydroxylation sites is 3. The third-order valence-corrected chi connectivity index (χ3v) is 9.52. The van der Waals surface area contributed by atoms with Crippen molar-refractivity contribution < 1.29 is 0 Å². The number of hydrogen-bond acceptors (Lipinski definition) is 2. The van der Waals surface area contributed by atoms with E-state index in [0.717, 1.165) is 28.4 Å². The molecule has 0 bridgehead atoms. The Morgan fingerprint density at radius 3 is 1.30 bits per heavy atom. The summed E-state index contributed by atoms with van der Waals surface area (Å²) < 4.78 is 0. The summed E-state index contributed by atoms with van der Waals surface area (Å²) >= 11 is 0. The second-order valence-electron chi connectivity index (χ2n) is 13.1. The molecule has 9 rings (SSSR count). The molecule has 0 atom stereocenters. The second-order valence-corrected chi connectivity index (χ2v) is 13.1. The summed E-state index contributed by atoms with van der Waals surface area (Å²) in [5, 5.41) is 8.53. The molecule has 254 valence electrons. The third-order valence-electron chi connectivity index (χ3n) is 9.52. The van der Waals surface area contributed by atoms with Crippen LogP contribution in [0.3, 0.4) is 0 Å². The van der Waals surface area contributed by atoms with Crippen LogP contribution in [0.4, 0.5) is 28.4 Å². The SMILES string of the molecule is Cc1ccc(-c2c3ccc(Nc4ccccc4)cc3c(-c3ccccc3)c3ccc(N(c4ccccc4)c4ccccc4)cc23)cc1.c1ccccc1. The van der Waals surface area contributed by atoms with Crippen LogP contribution in [0, 0.1) is 6.92 Å². The number of aryl methyl sites for hydroxylation is 1. The molecule has 0 aliphatic rings. The topological polar surface area (TPSA) is 15.3 Å². The van der Waals surface area contributed by atoms with Crippen molar-refractivity contribution in [2.45, 2.75) is 6.92 Å². The summed E-state index contributed by atoms with van der Waals surface area (Å²) in [7, 11) is 0. The Kier molecular flexibility index (Phi) is 9.76. The van der Waals surface area contributed by atoms with Gasteiger partial charge in [-0.05, 0) is 111 Å².